The molecule has 1 aromatic rings. The van der Waals surface area contributed by atoms with E-state index in [2.05, 4.69) is 5.32 Å². The molecule has 2 atom stereocenters. The molecule has 6 heteroatoms. The third-order valence-corrected chi connectivity index (χ3v) is 4.10. The van der Waals surface area contributed by atoms with E-state index in [1.807, 2.05) is 20.8 Å². The summed E-state index contributed by atoms with van der Waals surface area (Å²) in [6.45, 7) is 6.32. The molecule has 1 aromatic carbocycles. The zero-order valence-electron chi connectivity index (χ0n) is 13.8. The van der Waals surface area contributed by atoms with Crippen molar-refractivity contribution in [2.75, 3.05) is 11.4 Å². The predicted molar refractivity (Wildman–Crippen MR) is 91.0 cm³/mol. The largest absolute Gasteiger partial charge is 0.487 e. The van der Waals surface area contributed by atoms with E-state index in [0.29, 0.717) is 23.0 Å². The van der Waals surface area contributed by atoms with E-state index in [4.69, 9.17) is 16.3 Å². The molecule has 1 aliphatic rings. The first kappa shape index (κ1) is 17.6. The lowest BCUT2D eigenvalue weighted by Crippen LogP contribution is -2.42. The molecule has 0 radical (unpaired) electrons. The number of rotatable bonds is 5. The summed E-state index contributed by atoms with van der Waals surface area (Å²) in [5, 5.41) is 3.42. The minimum Gasteiger partial charge on any atom is -0.487 e. The molecule has 0 bridgehead atoms. The van der Waals surface area contributed by atoms with Crippen LogP contribution in [0.1, 0.15) is 40.0 Å². The van der Waals surface area contributed by atoms with Gasteiger partial charge in [0.2, 0.25) is 11.8 Å². The number of carbonyl (C=O) groups is 2. The van der Waals surface area contributed by atoms with Gasteiger partial charge < -0.3 is 15.0 Å². The van der Waals surface area contributed by atoms with Crippen LogP contribution in [-0.4, -0.2) is 30.5 Å². The number of hydrogen-bond donors (Lipinski definition) is 1. The van der Waals surface area contributed by atoms with Crippen LogP contribution < -0.4 is 15.0 Å². The van der Waals surface area contributed by atoms with Gasteiger partial charge in [-0.05, 0) is 38.5 Å². The highest BCUT2D eigenvalue weighted by molar-refractivity contribution is 6.31. The first-order valence-corrected chi connectivity index (χ1v) is 8.34. The zero-order valence-corrected chi connectivity index (χ0v) is 14.5. The van der Waals surface area contributed by atoms with E-state index in [0.717, 1.165) is 6.42 Å². The van der Waals surface area contributed by atoms with Crippen LogP contribution in [0.25, 0.3) is 0 Å². The van der Waals surface area contributed by atoms with Gasteiger partial charge in [0.15, 0.2) is 0 Å². The van der Waals surface area contributed by atoms with Gasteiger partial charge >= 0.3 is 0 Å². The summed E-state index contributed by atoms with van der Waals surface area (Å²) in [5.41, 5.74) is 0.669. The number of ether oxygens (including phenoxy) is 1. The quantitative estimate of drug-likeness (QED) is 0.897. The van der Waals surface area contributed by atoms with Crippen molar-refractivity contribution in [1.82, 2.24) is 5.32 Å². The van der Waals surface area contributed by atoms with Crippen LogP contribution in [0.3, 0.4) is 0 Å². The van der Waals surface area contributed by atoms with Crippen molar-refractivity contribution in [1.29, 1.82) is 0 Å². The van der Waals surface area contributed by atoms with Gasteiger partial charge in [0.25, 0.3) is 0 Å². The standard InChI is InChI=1S/C17H23ClN2O3/c1-4-11(2)19-16(21)7-8-17(22)20-10-12(3)23-15-6-5-13(18)9-14(15)20/h5-6,9,11-12H,4,7-8,10H2,1-3H3,(H,19,21). The third-order valence-electron chi connectivity index (χ3n) is 3.87. The van der Waals surface area contributed by atoms with E-state index >= 15 is 0 Å². The molecular formula is C17H23ClN2O3. The summed E-state index contributed by atoms with van der Waals surface area (Å²) < 4.78 is 5.73. The fourth-order valence-corrected chi connectivity index (χ4v) is 2.62. The lowest BCUT2D eigenvalue weighted by molar-refractivity contribution is -0.125. The Morgan fingerprint density at radius 2 is 2.17 bits per heavy atom. The van der Waals surface area contributed by atoms with Crippen LogP contribution in [0.15, 0.2) is 18.2 Å². The molecule has 0 saturated carbocycles. The maximum absolute atomic E-state index is 12.5. The molecule has 126 valence electrons. The number of anilines is 1. The minimum atomic E-state index is -0.0969. The van der Waals surface area contributed by atoms with Crippen LogP contribution in [0.2, 0.25) is 5.02 Å². The molecule has 1 aliphatic heterocycles. The molecule has 0 aliphatic carbocycles. The maximum atomic E-state index is 12.5. The topological polar surface area (TPSA) is 58.6 Å². The molecule has 0 spiro atoms. The first-order chi connectivity index (χ1) is 10.9. The zero-order chi connectivity index (χ0) is 17.0. The minimum absolute atomic E-state index is 0.0945. The van der Waals surface area contributed by atoms with Crippen LogP contribution in [-0.2, 0) is 9.59 Å². The lowest BCUT2D eigenvalue weighted by atomic mass is 10.1. The van der Waals surface area contributed by atoms with Crippen molar-refractivity contribution >= 4 is 29.1 Å². The first-order valence-electron chi connectivity index (χ1n) is 7.96. The Hall–Kier alpha value is -1.75. The van der Waals surface area contributed by atoms with Crippen molar-refractivity contribution in [3.63, 3.8) is 0 Å². The molecule has 0 saturated heterocycles. The summed E-state index contributed by atoms with van der Waals surface area (Å²) in [7, 11) is 0. The van der Waals surface area contributed by atoms with Crippen molar-refractivity contribution in [2.45, 2.75) is 52.2 Å². The lowest BCUT2D eigenvalue weighted by Gasteiger charge is -2.33. The number of hydrogen-bond acceptors (Lipinski definition) is 3. The second-order valence-electron chi connectivity index (χ2n) is 5.92. The van der Waals surface area contributed by atoms with Crippen LogP contribution in [0.5, 0.6) is 5.75 Å². The SMILES string of the molecule is CCC(C)NC(=O)CCC(=O)N1CC(C)Oc2ccc(Cl)cc21. The van der Waals surface area contributed by atoms with Crippen LogP contribution >= 0.6 is 11.6 Å². The molecule has 2 rings (SSSR count). The fraction of sp³-hybridized carbons (Fsp3) is 0.529. The molecule has 0 aromatic heterocycles. The molecule has 2 amide bonds. The van der Waals surface area contributed by atoms with Gasteiger partial charge in [0.1, 0.15) is 11.9 Å². The van der Waals surface area contributed by atoms with Gasteiger partial charge in [-0.3, -0.25) is 9.59 Å². The van der Waals surface area contributed by atoms with E-state index in [9.17, 15) is 9.59 Å². The van der Waals surface area contributed by atoms with Gasteiger partial charge in [-0.2, -0.15) is 0 Å². The highest BCUT2D eigenvalue weighted by Crippen LogP contribution is 2.36. The number of carbonyl (C=O) groups excluding carboxylic acids is 2. The number of benzene rings is 1. The van der Waals surface area contributed by atoms with Gasteiger partial charge in [0.05, 0.1) is 12.2 Å². The molecule has 1 heterocycles. The van der Waals surface area contributed by atoms with Gasteiger partial charge in [-0.15, -0.1) is 0 Å². The number of nitrogens with zero attached hydrogens (tertiary/aromatic N) is 1. The molecule has 23 heavy (non-hydrogen) atoms. The second-order valence-corrected chi connectivity index (χ2v) is 6.36. The molecule has 5 nitrogen and oxygen atoms in total. The van der Waals surface area contributed by atoms with E-state index in [1.54, 1.807) is 23.1 Å². The van der Waals surface area contributed by atoms with Gasteiger partial charge in [-0.1, -0.05) is 18.5 Å². The van der Waals surface area contributed by atoms with E-state index in [1.165, 1.54) is 0 Å². The Morgan fingerprint density at radius 1 is 1.43 bits per heavy atom. The molecular weight excluding hydrogens is 316 g/mol. The van der Waals surface area contributed by atoms with E-state index in [-0.39, 0.29) is 36.8 Å². The maximum Gasteiger partial charge on any atom is 0.227 e. The van der Waals surface area contributed by atoms with Crippen molar-refractivity contribution < 1.29 is 14.3 Å². The Morgan fingerprint density at radius 3 is 2.87 bits per heavy atom. The smallest absolute Gasteiger partial charge is 0.227 e. The Kier molecular flexibility index (Phi) is 5.88. The van der Waals surface area contributed by atoms with Gasteiger partial charge in [-0.25, -0.2) is 0 Å². The Labute approximate surface area is 141 Å². The number of fused-ring (bicyclic) bond motifs is 1. The Bertz CT molecular complexity index is 591. The molecule has 0 fully saturated rings. The average Bonchev–Trinajstić information content (AvgIpc) is 2.52. The van der Waals surface area contributed by atoms with Crippen LogP contribution in [0, 0.1) is 0 Å². The third kappa shape index (κ3) is 4.61. The van der Waals surface area contributed by atoms with Crippen molar-refractivity contribution in [3.05, 3.63) is 23.2 Å². The van der Waals surface area contributed by atoms with Crippen molar-refractivity contribution in [2.24, 2.45) is 0 Å². The molecule has 1 N–H and O–H groups in total. The second kappa shape index (κ2) is 7.68. The number of nitrogens with one attached hydrogen (secondary N) is 1. The van der Waals surface area contributed by atoms with Crippen LogP contribution in [0.4, 0.5) is 5.69 Å². The average molecular weight is 339 g/mol. The summed E-state index contributed by atoms with van der Waals surface area (Å²) >= 11 is 6.03. The normalized spacial score (nSPS) is 17.9. The summed E-state index contributed by atoms with van der Waals surface area (Å²) in [6.07, 6.45) is 1.12. The molecule has 2 unspecified atom stereocenters. The van der Waals surface area contributed by atoms with E-state index < -0.39 is 0 Å². The summed E-state index contributed by atoms with van der Waals surface area (Å²) in [5.74, 6) is 0.453. The summed E-state index contributed by atoms with van der Waals surface area (Å²) in [4.78, 5) is 26.0. The number of halogens is 1. The number of amides is 2. The predicted octanol–water partition coefficient (Wildman–Crippen LogP) is 3.15. The van der Waals surface area contributed by atoms with Gasteiger partial charge in [0, 0.05) is 23.9 Å². The Balaban J connectivity index is 2.02. The highest BCUT2D eigenvalue weighted by atomic mass is 35.5. The summed E-state index contributed by atoms with van der Waals surface area (Å²) in [6, 6.07) is 5.35. The monoisotopic (exact) mass is 338 g/mol. The van der Waals surface area contributed by atoms with Crippen molar-refractivity contribution in [3.8, 4) is 5.75 Å². The highest BCUT2D eigenvalue weighted by Gasteiger charge is 2.28. The fourth-order valence-electron chi connectivity index (χ4n) is 2.45.